The van der Waals surface area contributed by atoms with Gasteiger partial charge < -0.3 is 5.32 Å². The van der Waals surface area contributed by atoms with E-state index in [4.69, 9.17) is 0 Å². The molecule has 0 radical (unpaired) electrons. The number of anilines is 1. The molecular formula is C11H17N3O. The third-order valence-corrected chi connectivity index (χ3v) is 3.22. The van der Waals surface area contributed by atoms with E-state index in [1.165, 1.54) is 12.8 Å². The second-order valence-corrected chi connectivity index (χ2v) is 4.29. The highest BCUT2D eigenvalue weighted by Crippen LogP contribution is 2.26. The van der Waals surface area contributed by atoms with Crippen molar-refractivity contribution in [1.29, 1.82) is 0 Å². The smallest absolute Gasteiger partial charge is 0.228 e. The fourth-order valence-electron chi connectivity index (χ4n) is 2.01. The van der Waals surface area contributed by atoms with Gasteiger partial charge in [0.25, 0.3) is 0 Å². The maximum absolute atomic E-state index is 11.8. The van der Waals surface area contributed by atoms with Crippen LogP contribution in [-0.2, 0) is 4.79 Å². The Hall–Kier alpha value is -1.32. The molecule has 0 aromatic carbocycles. The Labute approximate surface area is 89.5 Å². The van der Waals surface area contributed by atoms with Gasteiger partial charge in [0, 0.05) is 17.2 Å². The minimum Gasteiger partial charge on any atom is -0.309 e. The summed E-state index contributed by atoms with van der Waals surface area (Å²) in [5.41, 5.74) is 2.04. The zero-order valence-corrected chi connectivity index (χ0v) is 9.26. The zero-order valence-electron chi connectivity index (χ0n) is 9.26. The summed E-state index contributed by atoms with van der Waals surface area (Å²) in [6, 6.07) is 0. The van der Waals surface area contributed by atoms with Crippen molar-refractivity contribution in [2.45, 2.75) is 39.5 Å². The lowest BCUT2D eigenvalue weighted by Gasteiger charge is -2.08. The van der Waals surface area contributed by atoms with Crippen LogP contribution in [0.15, 0.2) is 0 Å². The molecule has 15 heavy (non-hydrogen) atoms. The highest BCUT2D eigenvalue weighted by Gasteiger charge is 2.23. The van der Waals surface area contributed by atoms with Gasteiger partial charge in [-0.1, -0.05) is 12.8 Å². The second-order valence-electron chi connectivity index (χ2n) is 4.29. The second kappa shape index (κ2) is 4.04. The Bertz CT molecular complexity index is 364. The summed E-state index contributed by atoms with van der Waals surface area (Å²) in [4.78, 5) is 11.8. The fourth-order valence-corrected chi connectivity index (χ4v) is 2.01. The van der Waals surface area contributed by atoms with Gasteiger partial charge in [-0.3, -0.25) is 9.89 Å². The van der Waals surface area contributed by atoms with Crippen LogP contribution in [0.2, 0.25) is 0 Å². The number of nitrogens with zero attached hydrogens (tertiary/aromatic N) is 1. The fraction of sp³-hybridized carbons (Fsp3) is 0.636. The van der Waals surface area contributed by atoms with E-state index in [0.29, 0.717) is 5.82 Å². The molecule has 0 spiro atoms. The van der Waals surface area contributed by atoms with Gasteiger partial charge in [-0.05, 0) is 26.7 Å². The molecule has 1 amide bonds. The molecule has 1 heterocycles. The predicted molar refractivity (Wildman–Crippen MR) is 58.6 cm³/mol. The van der Waals surface area contributed by atoms with Crippen molar-refractivity contribution in [2.24, 2.45) is 5.92 Å². The van der Waals surface area contributed by atoms with Crippen LogP contribution in [0.1, 0.15) is 36.9 Å². The molecule has 1 aliphatic carbocycles. The molecule has 82 valence electrons. The molecule has 1 aromatic heterocycles. The van der Waals surface area contributed by atoms with Crippen LogP contribution in [0, 0.1) is 19.8 Å². The van der Waals surface area contributed by atoms with Crippen LogP contribution in [0.25, 0.3) is 0 Å². The largest absolute Gasteiger partial charge is 0.309 e. The van der Waals surface area contributed by atoms with Crippen molar-refractivity contribution in [3.05, 3.63) is 11.3 Å². The normalized spacial score (nSPS) is 16.9. The van der Waals surface area contributed by atoms with Crippen molar-refractivity contribution < 1.29 is 4.79 Å². The summed E-state index contributed by atoms with van der Waals surface area (Å²) in [7, 11) is 0. The highest BCUT2D eigenvalue weighted by molar-refractivity contribution is 5.92. The number of hydrogen-bond acceptors (Lipinski definition) is 2. The minimum absolute atomic E-state index is 0.127. The number of amides is 1. The summed E-state index contributed by atoms with van der Waals surface area (Å²) in [5, 5.41) is 9.83. The summed E-state index contributed by atoms with van der Waals surface area (Å²) < 4.78 is 0. The molecule has 1 aliphatic rings. The minimum atomic E-state index is 0.127. The van der Waals surface area contributed by atoms with Crippen LogP contribution in [0.5, 0.6) is 0 Å². The molecule has 2 N–H and O–H groups in total. The van der Waals surface area contributed by atoms with E-state index in [-0.39, 0.29) is 11.8 Å². The number of aromatic amines is 1. The van der Waals surface area contributed by atoms with Gasteiger partial charge in [0.2, 0.25) is 5.91 Å². The molecule has 0 saturated heterocycles. The molecule has 4 nitrogen and oxygen atoms in total. The van der Waals surface area contributed by atoms with E-state index in [2.05, 4.69) is 15.5 Å². The quantitative estimate of drug-likeness (QED) is 0.780. The Morgan fingerprint density at radius 3 is 2.60 bits per heavy atom. The van der Waals surface area contributed by atoms with Crippen molar-refractivity contribution in [1.82, 2.24) is 10.2 Å². The van der Waals surface area contributed by atoms with Gasteiger partial charge in [-0.25, -0.2) is 0 Å². The maximum Gasteiger partial charge on any atom is 0.228 e. The molecule has 1 fully saturated rings. The molecule has 2 rings (SSSR count). The summed E-state index contributed by atoms with van der Waals surface area (Å²) in [5.74, 6) is 1.01. The molecule has 4 heteroatoms. The average molecular weight is 207 g/mol. The van der Waals surface area contributed by atoms with Crippen molar-refractivity contribution in [3.63, 3.8) is 0 Å². The van der Waals surface area contributed by atoms with E-state index >= 15 is 0 Å². The Kier molecular flexibility index (Phi) is 2.75. The van der Waals surface area contributed by atoms with Crippen molar-refractivity contribution in [2.75, 3.05) is 5.32 Å². The maximum atomic E-state index is 11.8. The van der Waals surface area contributed by atoms with Gasteiger partial charge in [0.05, 0.1) is 0 Å². The molecular weight excluding hydrogens is 190 g/mol. The van der Waals surface area contributed by atoms with Crippen molar-refractivity contribution >= 4 is 11.7 Å². The third kappa shape index (κ3) is 2.03. The number of nitrogens with one attached hydrogen (secondary N) is 2. The van der Waals surface area contributed by atoms with E-state index in [1.807, 2.05) is 13.8 Å². The Morgan fingerprint density at radius 2 is 2.07 bits per heavy atom. The first-order chi connectivity index (χ1) is 7.18. The standard InChI is InChI=1S/C11H17N3O/c1-7-8(2)13-14-10(7)12-11(15)9-5-3-4-6-9/h9H,3-6H2,1-2H3,(H2,12,13,14,15). The van der Waals surface area contributed by atoms with Crippen LogP contribution >= 0.6 is 0 Å². The Balaban J connectivity index is 2.02. The first-order valence-electron chi connectivity index (χ1n) is 5.51. The van der Waals surface area contributed by atoms with Gasteiger partial charge in [0.15, 0.2) is 5.82 Å². The highest BCUT2D eigenvalue weighted by atomic mass is 16.2. The topological polar surface area (TPSA) is 57.8 Å². The van der Waals surface area contributed by atoms with Crippen LogP contribution in [0.4, 0.5) is 5.82 Å². The van der Waals surface area contributed by atoms with Gasteiger partial charge >= 0.3 is 0 Å². The molecule has 0 unspecified atom stereocenters. The van der Waals surface area contributed by atoms with E-state index in [1.54, 1.807) is 0 Å². The molecule has 1 aromatic rings. The number of H-pyrrole nitrogens is 1. The molecule has 1 saturated carbocycles. The van der Waals surface area contributed by atoms with Gasteiger partial charge in [-0.2, -0.15) is 5.10 Å². The number of rotatable bonds is 2. The number of hydrogen-bond donors (Lipinski definition) is 2. The van der Waals surface area contributed by atoms with Gasteiger partial charge in [0.1, 0.15) is 0 Å². The first-order valence-corrected chi connectivity index (χ1v) is 5.51. The summed E-state index contributed by atoms with van der Waals surface area (Å²) in [6.45, 7) is 3.91. The number of carbonyl (C=O) groups excluding carboxylic acids is 1. The average Bonchev–Trinajstić information content (AvgIpc) is 2.83. The lowest BCUT2D eigenvalue weighted by molar-refractivity contribution is -0.119. The van der Waals surface area contributed by atoms with Gasteiger partial charge in [-0.15, -0.1) is 0 Å². The van der Waals surface area contributed by atoms with E-state index in [9.17, 15) is 4.79 Å². The molecule has 0 bridgehead atoms. The van der Waals surface area contributed by atoms with Crippen LogP contribution in [0.3, 0.4) is 0 Å². The third-order valence-electron chi connectivity index (χ3n) is 3.22. The summed E-state index contributed by atoms with van der Waals surface area (Å²) >= 11 is 0. The molecule has 0 atom stereocenters. The van der Waals surface area contributed by atoms with Crippen LogP contribution in [-0.4, -0.2) is 16.1 Å². The first kappa shape index (κ1) is 10.2. The lowest BCUT2D eigenvalue weighted by atomic mass is 10.1. The van der Waals surface area contributed by atoms with Crippen LogP contribution < -0.4 is 5.32 Å². The number of aromatic nitrogens is 2. The van der Waals surface area contributed by atoms with E-state index in [0.717, 1.165) is 24.1 Å². The summed E-state index contributed by atoms with van der Waals surface area (Å²) in [6.07, 6.45) is 4.40. The monoisotopic (exact) mass is 207 g/mol. The zero-order chi connectivity index (χ0) is 10.8. The molecule has 0 aliphatic heterocycles. The Morgan fingerprint density at radius 1 is 1.40 bits per heavy atom. The van der Waals surface area contributed by atoms with Crippen molar-refractivity contribution in [3.8, 4) is 0 Å². The predicted octanol–water partition coefficient (Wildman–Crippen LogP) is 2.16. The van der Waals surface area contributed by atoms with E-state index < -0.39 is 0 Å². The lowest BCUT2D eigenvalue weighted by Crippen LogP contribution is -2.20. The number of carbonyl (C=O) groups is 1. The SMILES string of the molecule is Cc1[nH]nc(NC(=O)C2CCCC2)c1C. The number of aryl methyl sites for hydroxylation is 1.